The van der Waals surface area contributed by atoms with Crippen LogP contribution in [0, 0.1) is 10.1 Å². The third kappa shape index (κ3) is 4.63. The maximum atomic E-state index is 12.2. The van der Waals surface area contributed by atoms with Crippen molar-refractivity contribution in [2.45, 2.75) is 31.8 Å². The number of primary amides is 1. The second-order valence-corrected chi connectivity index (χ2v) is 4.88. The lowest BCUT2D eigenvalue weighted by Gasteiger charge is -2.20. The summed E-state index contributed by atoms with van der Waals surface area (Å²) in [4.78, 5) is 56.1. The molecule has 1 aromatic heterocycles. The molecule has 0 bridgehead atoms. The largest absolute Gasteiger partial charge is 0.480 e. The second-order valence-electron chi connectivity index (χ2n) is 4.88. The topological polar surface area (TPSA) is 175 Å². The van der Waals surface area contributed by atoms with Crippen molar-refractivity contribution in [3.8, 4) is 0 Å². The Bertz CT molecular complexity index is 727. The number of carboxylic acid groups (broad SMARTS) is 1. The standard InChI is InChI=1S/C13H16N4O7/c1-2-9(12(20)15-8(13(21)22)5-10(14)18)16-6-7(17(23)24)3-4-11(16)19/h3-4,6,8-9H,2,5H2,1H3,(H2,14,18)(H,15,20)(H,21,22). The zero-order valence-corrected chi connectivity index (χ0v) is 12.7. The molecule has 130 valence electrons. The van der Waals surface area contributed by atoms with E-state index in [4.69, 9.17) is 10.8 Å². The van der Waals surface area contributed by atoms with E-state index in [1.807, 2.05) is 0 Å². The molecule has 2 amide bonds. The number of carbonyl (C=O) groups is 3. The van der Waals surface area contributed by atoms with Crippen LogP contribution in [0.15, 0.2) is 23.1 Å². The Morgan fingerprint density at radius 3 is 2.50 bits per heavy atom. The van der Waals surface area contributed by atoms with Crippen molar-refractivity contribution in [1.29, 1.82) is 0 Å². The van der Waals surface area contributed by atoms with E-state index in [1.165, 1.54) is 0 Å². The maximum Gasteiger partial charge on any atom is 0.326 e. The summed E-state index contributed by atoms with van der Waals surface area (Å²) in [5.41, 5.74) is 3.86. The lowest BCUT2D eigenvalue weighted by Crippen LogP contribution is -2.47. The minimum absolute atomic E-state index is 0.0653. The summed E-state index contributed by atoms with van der Waals surface area (Å²) in [6.45, 7) is 1.54. The van der Waals surface area contributed by atoms with Crippen molar-refractivity contribution in [1.82, 2.24) is 9.88 Å². The molecule has 0 aliphatic heterocycles. The normalized spacial score (nSPS) is 12.9. The van der Waals surface area contributed by atoms with Crippen LogP contribution < -0.4 is 16.6 Å². The van der Waals surface area contributed by atoms with E-state index in [1.54, 1.807) is 6.92 Å². The highest BCUT2D eigenvalue weighted by Gasteiger charge is 2.27. The fourth-order valence-electron chi connectivity index (χ4n) is 2.02. The van der Waals surface area contributed by atoms with Crippen LogP contribution in [0.2, 0.25) is 0 Å². The van der Waals surface area contributed by atoms with E-state index in [-0.39, 0.29) is 6.42 Å². The molecule has 11 nitrogen and oxygen atoms in total. The van der Waals surface area contributed by atoms with Crippen LogP contribution in [0.4, 0.5) is 5.69 Å². The highest BCUT2D eigenvalue weighted by Crippen LogP contribution is 2.14. The van der Waals surface area contributed by atoms with Gasteiger partial charge in [-0.05, 0) is 6.42 Å². The molecule has 0 aliphatic carbocycles. The zero-order valence-electron chi connectivity index (χ0n) is 12.7. The molecule has 24 heavy (non-hydrogen) atoms. The number of amides is 2. The van der Waals surface area contributed by atoms with Crippen LogP contribution in [0.1, 0.15) is 25.8 Å². The van der Waals surface area contributed by atoms with Gasteiger partial charge in [-0.25, -0.2) is 4.79 Å². The molecule has 0 radical (unpaired) electrons. The van der Waals surface area contributed by atoms with Crippen LogP contribution >= 0.6 is 0 Å². The van der Waals surface area contributed by atoms with Gasteiger partial charge in [-0.15, -0.1) is 0 Å². The fraction of sp³-hybridized carbons (Fsp3) is 0.385. The lowest BCUT2D eigenvalue weighted by molar-refractivity contribution is -0.385. The summed E-state index contributed by atoms with van der Waals surface area (Å²) in [5, 5.41) is 21.9. The number of aliphatic carboxylic acids is 1. The Kier molecular flexibility index (Phi) is 6.15. The number of rotatable bonds is 8. The molecule has 1 aromatic rings. The Morgan fingerprint density at radius 2 is 2.04 bits per heavy atom. The van der Waals surface area contributed by atoms with Gasteiger partial charge in [0, 0.05) is 12.1 Å². The van der Waals surface area contributed by atoms with E-state index in [0.29, 0.717) is 0 Å². The summed E-state index contributed by atoms with van der Waals surface area (Å²) in [6.07, 6.45) is 0.344. The third-order valence-corrected chi connectivity index (χ3v) is 3.18. The number of nitro groups is 1. The Morgan fingerprint density at radius 1 is 1.42 bits per heavy atom. The van der Waals surface area contributed by atoms with Crippen LogP contribution in [-0.4, -0.2) is 38.4 Å². The molecular weight excluding hydrogens is 324 g/mol. The summed E-state index contributed by atoms with van der Waals surface area (Å²) in [7, 11) is 0. The van der Waals surface area contributed by atoms with Gasteiger partial charge in [0.25, 0.3) is 11.2 Å². The monoisotopic (exact) mass is 340 g/mol. The van der Waals surface area contributed by atoms with Gasteiger partial charge >= 0.3 is 5.97 Å². The summed E-state index contributed by atoms with van der Waals surface area (Å²) < 4.78 is 0.844. The van der Waals surface area contributed by atoms with Gasteiger partial charge in [0.2, 0.25) is 11.8 Å². The SMILES string of the molecule is CCC(C(=O)NC(CC(N)=O)C(=O)O)n1cc([N+](=O)[O-])ccc1=O. The van der Waals surface area contributed by atoms with E-state index in [2.05, 4.69) is 5.32 Å². The predicted octanol–water partition coefficient (Wildman–Crippen LogP) is -0.848. The molecule has 0 aromatic carbocycles. The van der Waals surface area contributed by atoms with Gasteiger partial charge < -0.3 is 16.2 Å². The Balaban J connectivity index is 3.12. The first kappa shape index (κ1) is 18.8. The zero-order chi connectivity index (χ0) is 18.4. The number of nitrogens with zero attached hydrogens (tertiary/aromatic N) is 2. The molecule has 2 atom stereocenters. The van der Waals surface area contributed by atoms with Crippen LogP contribution in [0.25, 0.3) is 0 Å². The molecule has 2 unspecified atom stereocenters. The van der Waals surface area contributed by atoms with Crippen molar-refractivity contribution >= 4 is 23.5 Å². The molecule has 1 rings (SSSR count). The molecule has 0 saturated heterocycles. The first-order valence-corrected chi connectivity index (χ1v) is 6.85. The van der Waals surface area contributed by atoms with Crippen LogP contribution in [0.5, 0.6) is 0 Å². The van der Waals surface area contributed by atoms with Gasteiger partial charge in [-0.1, -0.05) is 6.92 Å². The molecule has 4 N–H and O–H groups in total. The third-order valence-electron chi connectivity index (χ3n) is 3.18. The molecule has 11 heteroatoms. The molecule has 1 heterocycles. The predicted molar refractivity (Wildman–Crippen MR) is 80.1 cm³/mol. The number of carbonyl (C=O) groups excluding carboxylic acids is 2. The molecule has 0 aliphatic rings. The average molecular weight is 340 g/mol. The number of pyridine rings is 1. The quantitative estimate of drug-likeness (QED) is 0.408. The number of hydrogen-bond acceptors (Lipinski definition) is 6. The lowest BCUT2D eigenvalue weighted by atomic mass is 10.1. The number of carboxylic acids is 1. The van der Waals surface area contributed by atoms with Gasteiger partial charge in [-0.3, -0.25) is 29.1 Å². The molecule has 0 fully saturated rings. The summed E-state index contributed by atoms with van der Waals surface area (Å²) in [5.74, 6) is -3.26. The van der Waals surface area contributed by atoms with Crippen molar-refractivity contribution < 1.29 is 24.4 Å². The van der Waals surface area contributed by atoms with Gasteiger partial charge in [0.05, 0.1) is 17.5 Å². The summed E-state index contributed by atoms with van der Waals surface area (Å²) in [6, 6.07) is -0.798. The van der Waals surface area contributed by atoms with Crippen molar-refractivity contribution in [3.63, 3.8) is 0 Å². The van der Waals surface area contributed by atoms with Crippen LogP contribution in [0.3, 0.4) is 0 Å². The van der Waals surface area contributed by atoms with Gasteiger partial charge in [-0.2, -0.15) is 0 Å². The smallest absolute Gasteiger partial charge is 0.326 e. The van der Waals surface area contributed by atoms with E-state index >= 15 is 0 Å². The number of hydrogen-bond donors (Lipinski definition) is 3. The van der Waals surface area contributed by atoms with Crippen molar-refractivity contribution in [3.05, 3.63) is 38.8 Å². The number of nitrogens with two attached hydrogens (primary N) is 1. The Labute approximate surface area is 135 Å². The summed E-state index contributed by atoms with van der Waals surface area (Å²) >= 11 is 0. The first-order chi connectivity index (χ1) is 11.2. The number of aromatic nitrogens is 1. The van der Waals surface area contributed by atoms with Gasteiger partial charge in [0.15, 0.2) is 0 Å². The van der Waals surface area contributed by atoms with E-state index in [0.717, 1.165) is 22.9 Å². The van der Waals surface area contributed by atoms with Crippen molar-refractivity contribution in [2.24, 2.45) is 5.73 Å². The molecule has 0 saturated carbocycles. The van der Waals surface area contributed by atoms with E-state index in [9.17, 15) is 29.3 Å². The second kappa shape index (κ2) is 7.85. The minimum Gasteiger partial charge on any atom is -0.480 e. The highest BCUT2D eigenvalue weighted by atomic mass is 16.6. The molecular formula is C13H16N4O7. The van der Waals surface area contributed by atoms with Crippen LogP contribution in [-0.2, 0) is 14.4 Å². The maximum absolute atomic E-state index is 12.2. The number of nitrogens with one attached hydrogen (secondary N) is 1. The first-order valence-electron chi connectivity index (χ1n) is 6.85. The van der Waals surface area contributed by atoms with Gasteiger partial charge in [0.1, 0.15) is 12.1 Å². The van der Waals surface area contributed by atoms with E-state index < -0.39 is 52.5 Å². The molecule has 0 spiro atoms. The van der Waals surface area contributed by atoms with Crippen molar-refractivity contribution in [2.75, 3.05) is 0 Å². The fourth-order valence-corrected chi connectivity index (χ4v) is 2.02. The highest BCUT2D eigenvalue weighted by molar-refractivity contribution is 5.89. The average Bonchev–Trinajstić information content (AvgIpc) is 2.48. The Hall–Kier alpha value is -3.24. The minimum atomic E-state index is -1.56.